The Morgan fingerprint density at radius 3 is 2.39 bits per heavy atom. The predicted molar refractivity (Wildman–Crippen MR) is 123 cm³/mol. The molecular weight excluding hydrogens is 457 g/mol. The number of hydrogen-bond acceptors (Lipinski definition) is 5. The second-order valence-electron chi connectivity index (χ2n) is 8.01. The van der Waals surface area contributed by atoms with E-state index >= 15 is 0 Å². The second-order valence-corrected chi connectivity index (χ2v) is 10.5. The summed E-state index contributed by atoms with van der Waals surface area (Å²) in [5.41, 5.74) is 2.63. The molecule has 0 radical (unpaired) electrons. The fourth-order valence-corrected chi connectivity index (χ4v) is 4.53. The Hall–Kier alpha value is -2.68. The number of hydrogen-bond donors (Lipinski definition) is 1. The van der Waals surface area contributed by atoms with Crippen LogP contribution in [0.4, 0.5) is 5.69 Å². The standard InChI is InChI=1S/C21H19Cl2N5O2S/c1-21(2,3)13-4-7-15(8-5-13)31(29,30)26-16-9-6-14(22)12-18(16)28-17-10-11-24-20(23)19(17)25-27-28/h4-12,26H,1-3H3. The SMILES string of the molecule is CC(C)(C)c1ccc(S(=O)(=O)Nc2ccc(Cl)cc2-n2nnc3c(Cl)nccc32)cc1. The molecule has 31 heavy (non-hydrogen) atoms. The molecule has 0 amide bonds. The van der Waals surface area contributed by atoms with Crippen molar-refractivity contribution in [1.29, 1.82) is 0 Å². The van der Waals surface area contributed by atoms with Gasteiger partial charge in [0.15, 0.2) is 10.7 Å². The van der Waals surface area contributed by atoms with Crippen LogP contribution < -0.4 is 4.72 Å². The molecule has 0 fully saturated rings. The summed E-state index contributed by atoms with van der Waals surface area (Å²) in [6.45, 7) is 6.21. The molecule has 0 unspecified atom stereocenters. The molecule has 0 spiro atoms. The molecule has 0 aliphatic heterocycles. The normalized spacial score (nSPS) is 12.3. The zero-order valence-electron chi connectivity index (χ0n) is 17.0. The van der Waals surface area contributed by atoms with Crippen LogP contribution in [0.5, 0.6) is 0 Å². The summed E-state index contributed by atoms with van der Waals surface area (Å²) in [5.74, 6) is 0. The van der Waals surface area contributed by atoms with Crippen molar-refractivity contribution in [1.82, 2.24) is 20.0 Å². The van der Waals surface area contributed by atoms with Crippen molar-refractivity contribution in [3.8, 4) is 5.69 Å². The molecule has 0 saturated carbocycles. The molecule has 2 aromatic heterocycles. The van der Waals surface area contributed by atoms with Gasteiger partial charge < -0.3 is 0 Å². The van der Waals surface area contributed by atoms with Gasteiger partial charge in [0.05, 0.1) is 21.8 Å². The minimum Gasteiger partial charge on any atom is -0.277 e. The van der Waals surface area contributed by atoms with Gasteiger partial charge in [0.25, 0.3) is 10.0 Å². The van der Waals surface area contributed by atoms with Gasteiger partial charge in [-0.1, -0.05) is 61.3 Å². The highest BCUT2D eigenvalue weighted by atomic mass is 35.5. The summed E-state index contributed by atoms with van der Waals surface area (Å²) in [6.07, 6.45) is 1.52. The molecule has 0 aliphatic carbocycles. The van der Waals surface area contributed by atoms with E-state index in [1.807, 2.05) is 12.1 Å². The van der Waals surface area contributed by atoms with Crippen molar-refractivity contribution in [3.05, 3.63) is 70.5 Å². The van der Waals surface area contributed by atoms with E-state index in [0.717, 1.165) is 5.56 Å². The Labute approximate surface area is 190 Å². The van der Waals surface area contributed by atoms with E-state index in [4.69, 9.17) is 23.2 Å². The van der Waals surface area contributed by atoms with Crippen LogP contribution in [-0.4, -0.2) is 28.4 Å². The fraction of sp³-hybridized carbons (Fsp3) is 0.190. The Kier molecular flexibility index (Phi) is 5.41. The van der Waals surface area contributed by atoms with Crippen molar-refractivity contribution in [2.45, 2.75) is 31.1 Å². The van der Waals surface area contributed by atoms with Crippen molar-refractivity contribution in [2.24, 2.45) is 0 Å². The average Bonchev–Trinajstić information content (AvgIpc) is 3.14. The molecule has 2 heterocycles. The first-order valence-corrected chi connectivity index (χ1v) is 11.6. The first-order chi connectivity index (χ1) is 14.6. The Balaban J connectivity index is 1.76. The smallest absolute Gasteiger partial charge is 0.261 e. The lowest BCUT2D eigenvalue weighted by Crippen LogP contribution is -2.16. The maximum atomic E-state index is 13.1. The van der Waals surface area contributed by atoms with Crippen LogP contribution in [0.2, 0.25) is 10.2 Å². The monoisotopic (exact) mass is 475 g/mol. The van der Waals surface area contributed by atoms with Gasteiger partial charge in [0.1, 0.15) is 0 Å². The number of benzene rings is 2. The van der Waals surface area contributed by atoms with E-state index in [9.17, 15) is 8.42 Å². The van der Waals surface area contributed by atoms with Crippen LogP contribution in [0.3, 0.4) is 0 Å². The molecule has 0 atom stereocenters. The molecule has 2 aromatic carbocycles. The van der Waals surface area contributed by atoms with E-state index in [2.05, 4.69) is 40.8 Å². The lowest BCUT2D eigenvalue weighted by Gasteiger charge is -2.19. The van der Waals surface area contributed by atoms with Gasteiger partial charge in [0, 0.05) is 11.2 Å². The lowest BCUT2D eigenvalue weighted by atomic mass is 9.87. The Morgan fingerprint density at radius 1 is 1.00 bits per heavy atom. The topological polar surface area (TPSA) is 89.8 Å². The van der Waals surface area contributed by atoms with E-state index < -0.39 is 10.0 Å². The quantitative estimate of drug-likeness (QED) is 0.408. The molecule has 160 valence electrons. The molecule has 4 rings (SSSR count). The second kappa shape index (κ2) is 7.78. The third kappa shape index (κ3) is 4.23. The lowest BCUT2D eigenvalue weighted by molar-refractivity contribution is 0.587. The summed E-state index contributed by atoms with van der Waals surface area (Å²) in [5, 5.41) is 8.78. The van der Waals surface area contributed by atoms with Gasteiger partial charge in [-0.3, -0.25) is 4.72 Å². The minimum absolute atomic E-state index is 0.0800. The van der Waals surface area contributed by atoms with Gasteiger partial charge in [0.2, 0.25) is 0 Å². The molecule has 0 bridgehead atoms. The van der Waals surface area contributed by atoms with Crippen molar-refractivity contribution in [3.63, 3.8) is 0 Å². The van der Waals surface area contributed by atoms with Crippen LogP contribution >= 0.6 is 23.2 Å². The van der Waals surface area contributed by atoms with Crippen LogP contribution in [0.15, 0.2) is 59.6 Å². The molecule has 0 aliphatic rings. The average molecular weight is 476 g/mol. The summed E-state index contributed by atoms with van der Waals surface area (Å²) in [6, 6.07) is 13.3. The number of anilines is 1. The van der Waals surface area contributed by atoms with Gasteiger partial charge in [-0.05, 0) is 47.4 Å². The zero-order chi connectivity index (χ0) is 22.4. The molecule has 7 nitrogen and oxygen atoms in total. The van der Waals surface area contributed by atoms with E-state index in [-0.39, 0.29) is 15.5 Å². The van der Waals surface area contributed by atoms with Gasteiger partial charge >= 0.3 is 0 Å². The van der Waals surface area contributed by atoms with Gasteiger partial charge in [-0.25, -0.2) is 18.1 Å². The van der Waals surface area contributed by atoms with E-state index in [1.165, 1.54) is 10.9 Å². The Morgan fingerprint density at radius 2 is 1.71 bits per heavy atom. The van der Waals surface area contributed by atoms with Gasteiger partial charge in [-0.15, -0.1) is 5.10 Å². The van der Waals surface area contributed by atoms with Crippen molar-refractivity contribution in [2.75, 3.05) is 4.72 Å². The maximum Gasteiger partial charge on any atom is 0.261 e. The molecular formula is C21H19Cl2N5O2S. The number of rotatable bonds is 4. The number of pyridine rings is 1. The number of sulfonamides is 1. The third-order valence-electron chi connectivity index (χ3n) is 4.78. The summed E-state index contributed by atoms with van der Waals surface area (Å²) in [4.78, 5) is 4.14. The fourth-order valence-electron chi connectivity index (χ4n) is 3.10. The number of halogens is 2. The first kappa shape index (κ1) is 21.5. The molecule has 10 heteroatoms. The number of fused-ring (bicyclic) bond motifs is 1. The predicted octanol–water partition coefficient (Wildman–Crippen LogP) is 5.22. The summed E-state index contributed by atoms with van der Waals surface area (Å²) >= 11 is 12.3. The highest BCUT2D eigenvalue weighted by molar-refractivity contribution is 7.92. The molecule has 4 aromatic rings. The van der Waals surface area contributed by atoms with E-state index in [0.29, 0.717) is 27.4 Å². The highest BCUT2D eigenvalue weighted by Gasteiger charge is 2.21. The number of aromatic nitrogens is 4. The summed E-state index contributed by atoms with van der Waals surface area (Å²) < 4.78 is 30.2. The Bertz CT molecular complexity index is 1380. The summed E-state index contributed by atoms with van der Waals surface area (Å²) in [7, 11) is -3.86. The number of nitrogens with zero attached hydrogens (tertiary/aromatic N) is 4. The third-order valence-corrected chi connectivity index (χ3v) is 6.68. The number of nitrogens with one attached hydrogen (secondary N) is 1. The highest BCUT2D eigenvalue weighted by Crippen LogP contribution is 2.30. The van der Waals surface area contributed by atoms with Crippen LogP contribution in [0.1, 0.15) is 26.3 Å². The minimum atomic E-state index is -3.86. The van der Waals surface area contributed by atoms with Crippen molar-refractivity contribution >= 4 is 49.9 Å². The molecule has 0 saturated heterocycles. The van der Waals surface area contributed by atoms with Crippen LogP contribution in [0, 0.1) is 0 Å². The van der Waals surface area contributed by atoms with E-state index in [1.54, 1.807) is 36.4 Å². The van der Waals surface area contributed by atoms with Crippen molar-refractivity contribution < 1.29 is 8.42 Å². The maximum absolute atomic E-state index is 13.1. The van der Waals surface area contributed by atoms with Gasteiger partial charge in [-0.2, -0.15) is 0 Å². The van der Waals surface area contributed by atoms with Crippen LogP contribution in [-0.2, 0) is 15.4 Å². The molecule has 1 N–H and O–H groups in total. The first-order valence-electron chi connectivity index (χ1n) is 9.35. The van der Waals surface area contributed by atoms with Crippen LogP contribution in [0.25, 0.3) is 16.7 Å². The zero-order valence-corrected chi connectivity index (χ0v) is 19.3. The largest absolute Gasteiger partial charge is 0.277 e.